The Morgan fingerprint density at radius 3 is 2.44 bits per heavy atom. The van der Waals surface area contributed by atoms with E-state index in [9.17, 15) is 9.59 Å². The van der Waals surface area contributed by atoms with E-state index in [1.54, 1.807) is 17.5 Å². The molecule has 0 bridgehead atoms. The summed E-state index contributed by atoms with van der Waals surface area (Å²) < 4.78 is 0. The molecule has 0 amide bonds. The van der Waals surface area contributed by atoms with Crippen LogP contribution in [0.3, 0.4) is 0 Å². The van der Waals surface area contributed by atoms with Gasteiger partial charge in [0, 0.05) is 17.1 Å². The number of carboxylic acids is 1. The average Bonchev–Trinajstić information content (AvgIpc) is 2.81. The molecule has 2 aromatic rings. The highest BCUT2D eigenvalue weighted by Crippen LogP contribution is 2.16. The first-order valence-corrected chi connectivity index (χ1v) is 5.34. The largest absolute Gasteiger partial charge is 0.478 e. The number of aromatic nitrogens is 1. The SMILES string of the molecule is O=C(O)c1ccccc1C(=O)c1nccs1. The number of aromatic carboxylic acids is 1. The Kier molecular flexibility index (Phi) is 2.78. The fourth-order valence-electron chi connectivity index (χ4n) is 1.32. The molecule has 0 aliphatic heterocycles. The number of hydrogen-bond donors (Lipinski definition) is 1. The summed E-state index contributed by atoms with van der Waals surface area (Å²) in [5.74, 6) is -1.46. The van der Waals surface area contributed by atoms with Crippen molar-refractivity contribution < 1.29 is 14.7 Å². The molecule has 5 heteroatoms. The van der Waals surface area contributed by atoms with E-state index in [2.05, 4.69) is 4.98 Å². The maximum absolute atomic E-state index is 11.9. The van der Waals surface area contributed by atoms with Crippen LogP contribution in [0.1, 0.15) is 25.7 Å². The summed E-state index contributed by atoms with van der Waals surface area (Å²) in [4.78, 5) is 26.7. The number of nitrogens with zero attached hydrogens (tertiary/aromatic N) is 1. The second-order valence-electron chi connectivity index (χ2n) is 3.02. The monoisotopic (exact) mass is 233 g/mol. The van der Waals surface area contributed by atoms with E-state index in [0.29, 0.717) is 5.01 Å². The van der Waals surface area contributed by atoms with Crippen LogP contribution < -0.4 is 0 Å². The van der Waals surface area contributed by atoms with Crippen molar-refractivity contribution in [2.45, 2.75) is 0 Å². The Bertz CT molecular complexity index is 534. The van der Waals surface area contributed by atoms with Gasteiger partial charge in [-0.3, -0.25) is 4.79 Å². The summed E-state index contributed by atoms with van der Waals surface area (Å²) >= 11 is 1.19. The van der Waals surface area contributed by atoms with E-state index in [1.807, 2.05) is 0 Å². The van der Waals surface area contributed by atoms with Crippen molar-refractivity contribution in [1.29, 1.82) is 0 Å². The van der Waals surface area contributed by atoms with E-state index in [0.717, 1.165) is 0 Å². The first-order chi connectivity index (χ1) is 7.70. The van der Waals surface area contributed by atoms with Crippen molar-refractivity contribution in [2.75, 3.05) is 0 Å². The van der Waals surface area contributed by atoms with Crippen molar-refractivity contribution in [3.63, 3.8) is 0 Å². The third-order valence-corrected chi connectivity index (χ3v) is 2.80. The standard InChI is InChI=1S/C11H7NO3S/c13-9(10-12-5-6-16-10)7-3-1-2-4-8(7)11(14)15/h1-6H,(H,14,15). The van der Waals surface area contributed by atoms with Crippen LogP contribution in [0.2, 0.25) is 0 Å². The Hall–Kier alpha value is -2.01. The number of benzene rings is 1. The summed E-state index contributed by atoms with van der Waals surface area (Å²) in [5, 5.41) is 10.9. The maximum Gasteiger partial charge on any atom is 0.336 e. The van der Waals surface area contributed by atoms with E-state index in [-0.39, 0.29) is 16.9 Å². The van der Waals surface area contributed by atoms with Gasteiger partial charge in [-0.1, -0.05) is 18.2 Å². The van der Waals surface area contributed by atoms with Crippen LogP contribution in [0, 0.1) is 0 Å². The Balaban J connectivity index is 2.49. The predicted molar refractivity (Wildman–Crippen MR) is 58.9 cm³/mol. The van der Waals surface area contributed by atoms with Crippen molar-refractivity contribution in [1.82, 2.24) is 4.98 Å². The van der Waals surface area contributed by atoms with Gasteiger partial charge in [0.05, 0.1) is 5.56 Å². The molecule has 0 aliphatic carbocycles. The molecule has 4 nitrogen and oxygen atoms in total. The van der Waals surface area contributed by atoms with Gasteiger partial charge in [-0.25, -0.2) is 9.78 Å². The smallest absolute Gasteiger partial charge is 0.336 e. The predicted octanol–water partition coefficient (Wildman–Crippen LogP) is 2.07. The second kappa shape index (κ2) is 4.24. The third-order valence-electron chi connectivity index (χ3n) is 2.03. The van der Waals surface area contributed by atoms with E-state index in [1.165, 1.54) is 29.7 Å². The summed E-state index contributed by atoms with van der Waals surface area (Å²) in [7, 11) is 0. The van der Waals surface area contributed by atoms with Crippen LogP contribution in [0.25, 0.3) is 0 Å². The molecule has 1 aromatic heterocycles. The number of thiazole rings is 1. The van der Waals surface area contributed by atoms with Crippen LogP contribution in [0.4, 0.5) is 0 Å². The molecule has 0 saturated carbocycles. The van der Waals surface area contributed by atoms with E-state index in [4.69, 9.17) is 5.11 Å². The van der Waals surface area contributed by atoms with Crippen molar-refractivity contribution >= 4 is 23.1 Å². The lowest BCUT2D eigenvalue weighted by molar-refractivity contribution is 0.0693. The first-order valence-electron chi connectivity index (χ1n) is 4.46. The molecule has 1 N–H and O–H groups in total. The molecule has 1 heterocycles. The minimum atomic E-state index is -1.11. The van der Waals surface area contributed by atoms with Crippen LogP contribution in [-0.2, 0) is 0 Å². The van der Waals surface area contributed by atoms with Gasteiger partial charge in [0.2, 0.25) is 5.78 Å². The zero-order valence-corrected chi connectivity index (χ0v) is 8.90. The Labute approximate surface area is 95.2 Å². The zero-order valence-electron chi connectivity index (χ0n) is 8.08. The first kappa shape index (κ1) is 10.5. The topological polar surface area (TPSA) is 67.3 Å². The minimum absolute atomic E-state index is 0.00250. The maximum atomic E-state index is 11.9. The fourth-order valence-corrected chi connectivity index (χ4v) is 1.91. The van der Waals surface area contributed by atoms with Crippen LogP contribution in [-0.4, -0.2) is 21.8 Å². The van der Waals surface area contributed by atoms with Gasteiger partial charge in [-0.05, 0) is 6.07 Å². The van der Waals surface area contributed by atoms with Crippen LogP contribution in [0.5, 0.6) is 0 Å². The lowest BCUT2D eigenvalue weighted by atomic mass is 10.0. The molecule has 0 fully saturated rings. The van der Waals surface area contributed by atoms with Gasteiger partial charge < -0.3 is 5.11 Å². The molecule has 16 heavy (non-hydrogen) atoms. The second-order valence-corrected chi connectivity index (χ2v) is 3.91. The van der Waals surface area contributed by atoms with Gasteiger partial charge in [-0.2, -0.15) is 0 Å². The Morgan fingerprint density at radius 1 is 1.19 bits per heavy atom. The highest BCUT2D eigenvalue weighted by molar-refractivity contribution is 7.11. The highest BCUT2D eigenvalue weighted by atomic mass is 32.1. The highest BCUT2D eigenvalue weighted by Gasteiger charge is 2.18. The normalized spacial score (nSPS) is 10.0. The van der Waals surface area contributed by atoms with E-state index < -0.39 is 5.97 Å². The van der Waals surface area contributed by atoms with Gasteiger partial charge >= 0.3 is 5.97 Å². The molecule has 0 atom stereocenters. The molecule has 2 rings (SSSR count). The van der Waals surface area contributed by atoms with Gasteiger partial charge in [0.15, 0.2) is 5.01 Å². The molecule has 0 spiro atoms. The van der Waals surface area contributed by atoms with Crippen molar-refractivity contribution in [2.24, 2.45) is 0 Å². The third kappa shape index (κ3) is 1.85. The summed E-state index contributed by atoms with van der Waals surface area (Å²) in [5.41, 5.74) is 0.174. The number of ketones is 1. The summed E-state index contributed by atoms with van der Waals surface area (Å²) in [6, 6.07) is 6.12. The van der Waals surface area contributed by atoms with Gasteiger partial charge in [0.1, 0.15) is 0 Å². The molecule has 0 aliphatic rings. The summed E-state index contributed by atoms with van der Waals surface area (Å²) in [6.07, 6.45) is 1.52. The molecular weight excluding hydrogens is 226 g/mol. The van der Waals surface area contributed by atoms with Gasteiger partial charge in [0.25, 0.3) is 0 Å². The molecular formula is C11H7NO3S. The van der Waals surface area contributed by atoms with E-state index >= 15 is 0 Å². The molecule has 0 radical (unpaired) electrons. The van der Waals surface area contributed by atoms with Crippen molar-refractivity contribution in [3.8, 4) is 0 Å². The lowest BCUT2D eigenvalue weighted by Crippen LogP contribution is -2.09. The molecule has 0 unspecified atom stereocenters. The van der Waals surface area contributed by atoms with Crippen molar-refractivity contribution in [3.05, 3.63) is 52.0 Å². The average molecular weight is 233 g/mol. The van der Waals surface area contributed by atoms with Crippen LogP contribution in [0.15, 0.2) is 35.8 Å². The lowest BCUT2D eigenvalue weighted by Gasteiger charge is -2.01. The number of rotatable bonds is 3. The summed E-state index contributed by atoms with van der Waals surface area (Å²) in [6.45, 7) is 0. The molecule has 0 saturated heterocycles. The van der Waals surface area contributed by atoms with Crippen LogP contribution >= 0.6 is 11.3 Å². The fraction of sp³-hybridized carbons (Fsp3) is 0. The molecule has 1 aromatic carbocycles. The number of carbonyl (C=O) groups excluding carboxylic acids is 1. The Morgan fingerprint density at radius 2 is 1.88 bits per heavy atom. The minimum Gasteiger partial charge on any atom is -0.478 e. The number of carbonyl (C=O) groups is 2. The van der Waals surface area contributed by atoms with Gasteiger partial charge in [-0.15, -0.1) is 11.3 Å². The number of hydrogen-bond acceptors (Lipinski definition) is 4. The zero-order chi connectivity index (χ0) is 11.5. The quantitative estimate of drug-likeness (QED) is 0.824. The number of carboxylic acid groups (broad SMARTS) is 1. The molecule has 80 valence electrons.